The summed E-state index contributed by atoms with van der Waals surface area (Å²) >= 11 is 6.24. The van der Waals surface area contributed by atoms with Crippen molar-refractivity contribution in [1.29, 1.82) is 0 Å². The first-order valence-electron chi connectivity index (χ1n) is 11.2. The van der Waals surface area contributed by atoms with E-state index in [0.29, 0.717) is 34.2 Å². The third-order valence-corrected chi connectivity index (χ3v) is 8.29. The predicted octanol–water partition coefficient (Wildman–Crippen LogP) is 6.17. The van der Waals surface area contributed by atoms with Crippen LogP contribution in [0.5, 0.6) is 0 Å². The molecule has 3 atom stereocenters. The number of carbonyl (C=O) groups is 1. The van der Waals surface area contributed by atoms with Crippen molar-refractivity contribution in [3.63, 3.8) is 0 Å². The van der Waals surface area contributed by atoms with Gasteiger partial charge in [0.25, 0.3) is 0 Å². The lowest BCUT2D eigenvalue weighted by atomic mass is 9.76. The second-order valence-corrected chi connectivity index (χ2v) is 10.7. The van der Waals surface area contributed by atoms with Crippen molar-refractivity contribution >= 4 is 33.8 Å². The zero-order chi connectivity index (χ0) is 23.6. The van der Waals surface area contributed by atoms with E-state index < -0.39 is 10.8 Å². The van der Waals surface area contributed by atoms with Gasteiger partial charge in [-0.05, 0) is 66.8 Å². The number of halogens is 1. The molecule has 172 valence electrons. The van der Waals surface area contributed by atoms with Crippen molar-refractivity contribution < 1.29 is 14.1 Å². The molecule has 1 aromatic carbocycles. The molecule has 0 aliphatic heterocycles. The first-order chi connectivity index (χ1) is 15.2. The van der Waals surface area contributed by atoms with E-state index in [1.807, 2.05) is 13.8 Å². The summed E-state index contributed by atoms with van der Waals surface area (Å²) in [7, 11) is -1.37. The number of benzene rings is 1. The van der Waals surface area contributed by atoms with Crippen LogP contribution >= 0.6 is 11.6 Å². The van der Waals surface area contributed by atoms with Crippen LogP contribution < -0.4 is 0 Å². The highest BCUT2D eigenvalue weighted by Crippen LogP contribution is 2.39. The fraction of sp³-hybridized carbons (Fsp3) is 0.462. The Morgan fingerprint density at radius 3 is 2.28 bits per heavy atom. The molecule has 3 unspecified atom stereocenters. The topological polar surface area (TPSA) is 67.3 Å². The maximum atomic E-state index is 13.3. The Bertz CT molecular complexity index is 1070. The zero-order valence-corrected chi connectivity index (χ0v) is 21.1. The first kappa shape index (κ1) is 24.7. The number of pyridine rings is 1. The SMILES string of the molecule is CCc1cc(C)cc(CC)c1C1=C(O)CC(C(C)CS(=O)c2ncc(C)cc2Cl)CC1=O. The number of Topliss-reactive ketones (excluding diaryl/α,β-unsaturated/α-hetero) is 1. The molecular weight excluding hydrogens is 442 g/mol. The smallest absolute Gasteiger partial charge is 0.167 e. The van der Waals surface area contributed by atoms with Gasteiger partial charge in [-0.15, -0.1) is 0 Å². The lowest BCUT2D eigenvalue weighted by Gasteiger charge is -2.29. The molecule has 0 spiro atoms. The number of aliphatic hydroxyl groups is 1. The van der Waals surface area contributed by atoms with Gasteiger partial charge in [0.05, 0.1) is 21.4 Å². The highest BCUT2D eigenvalue weighted by molar-refractivity contribution is 7.85. The molecule has 1 aliphatic carbocycles. The van der Waals surface area contributed by atoms with Crippen molar-refractivity contribution in [1.82, 2.24) is 4.98 Å². The predicted molar refractivity (Wildman–Crippen MR) is 132 cm³/mol. The lowest BCUT2D eigenvalue weighted by Crippen LogP contribution is -2.27. The number of carbonyl (C=O) groups excluding carboxylic acids is 1. The summed E-state index contributed by atoms with van der Waals surface area (Å²) < 4.78 is 12.9. The Morgan fingerprint density at radius 2 is 1.75 bits per heavy atom. The minimum atomic E-state index is -1.37. The molecule has 1 N–H and O–H groups in total. The number of aliphatic hydroxyl groups excluding tert-OH is 1. The summed E-state index contributed by atoms with van der Waals surface area (Å²) in [5.74, 6) is 0.373. The maximum absolute atomic E-state index is 13.3. The number of nitrogens with zero attached hydrogens (tertiary/aromatic N) is 1. The third kappa shape index (κ3) is 5.15. The van der Waals surface area contributed by atoms with E-state index >= 15 is 0 Å². The van der Waals surface area contributed by atoms with E-state index in [1.165, 1.54) is 5.56 Å². The van der Waals surface area contributed by atoms with Crippen LogP contribution in [-0.2, 0) is 28.4 Å². The van der Waals surface area contributed by atoms with Crippen LogP contribution in [0.25, 0.3) is 5.57 Å². The molecule has 0 radical (unpaired) electrons. The summed E-state index contributed by atoms with van der Waals surface area (Å²) in [5, 5.41) is 11.8. The van der Waals surface area contributed by atoms with E-state index in [1.54, 1.807) is 12.3 Å². The van der Waals surface area contributed by atoms with Crippen LogP contribution in [0.4, 0.5) is 0 Å². The van der Waals surface area contributed by atoms with Crippen molar-refractivity contribution in [3.05, 3.63) is 63.0 Å². The first-order valence-corrected chi connectivity index (χ1v) is 12.9. The summed E-state index contributed by atoms with van der Waals surface area (Å²) in [5.41, 5.74) is 5.68. The molecule has 0 saturated heterocycles. The molecular formula is C26H32ClNO3S. The van der Waals surface area contributed by atoms with Crippen LogP contribution in [0.3, 0.4) is 0 Å². The normalized spacial score (nSPS) is 18.7. The highest BCUT2D eigenvalue weighted by atomic mass is 35.5. The van der Waals surface area contributed by atoms with Crippen molar-refractivity contribution in [2.75, 3.05) is 5.75 Å². The molecule has 1 heterocycles. The lowest BCUT2D eigenvalue weighted by molar-refractivity contribution is -0.115. The zero-order valence-electron chi connectivity index (χ0n) is 19.5. The standard InChI is InChI=1S/C26H32ClNO3S/c1-6-18-8-15(3)9-19(7-2)24(18)25-22(29)11-20(12-23(25)30)17(5)14-32(31)26-21(27)10-16(4)13-28-26/h8-10,13,17,20,29H,6-7,11-12,14H2,1-5H3. The van der Waals surface area contributed by atoms with Crippen LogP contribution in [0.15, 0.2) is 35.2 Å². The molecule has 4 nitrogen and oxygen atoms in total. The van der Waals surface area contributed by atoms with Gasteiger partial charge in [-0.3, -0.25) is 9.00 Å². The van der Waals surface area contributed by atoms with Crippen molar-refractivity contribution in [2.45, 2.75) is 65.3 Å². The second kappa shape index (κ2) is 10.3. The van der Waals surface area contributed by atoms with E-state index in [0.717, 1.165) is 35.1 Å². The highest BCUT2D eigenvalue weighted by Gasteiger charge is 2.34. The average molecular weight is 474 g/mol. The fourth-order valence-electron chi connectivity index (χ4n) is 4.57. The number of rotatable bonds is 7. The maximum Gasteiger partial charge on any atom is 0.167 e. The van der Waals surface area contributed by atoms with Crippen LogP contribution in [0.2, 0.25) is 5.02 Å². The van der Waals surface area contributed by atoms with E-state index in [9.17, 15) is 14.1 Å². The Hall–Kier alpha value is -1.98. The monoisotopic (exact) mass is 473 g/mol. The number of hydrogen-bond donors (Lipinski definition) is 1. The number of aryl methyl sites for hydroxylation is 4. The third-order valence-electron chi connectivity index (χ3n) is 6.31. The van der Waals surface area contributed by atoms with Gasteiger partial charge in [-0.25, -0.2) is 4.98 Å². The molecule has 1 aliphatic rings. The largest absolute Gasteiger partial charge is 0.512 e. The summed E-state index contributed by atoms with van der Waals surface area (Å²) in [4.78, 5) is 17.5. The van der Waals surface area contributed by atoms with Gasteiger partial charge in [0.15, 0.2) is 5.78 Å². The molecule has 0 saturated carbocycles. The second-order valence-electron chi connectivity index (χ2n) is 8.87. The van der Waals surface area contributed by atoms with Crippen LogP contribution in [0, 0.1) is 25.7 Å². The van der Waals surface area contributed by atoms with Gasteiger partial charge in [0, 0.05) is 24.8 Å². The molecule has 1 aromatic heterocycles. The van der Waals surface area contributed by atoms with E-state index in [2.05, 4.69) is 37.9 Å². The van der Waals surface area contributed by atoms with E-state index in [-0.39, 0.29) is 23.4 Å². The van der Waals surface area contributed by atoms with Gasteiger partial charge in [0.1, 0.15) is 10.8 Å². The molecule has 3 rings (SSSR count). The number of ketones is 1. The minimum absolute atomic E-state index is 0.0306. The molecule has 0 amide bonds. The summed E-state index contributed by atoms with van der Waals surface area (Å²) in [6.07, 6.45) is 4.02. The number of aromatic nitrogens is 1. The van der Waals surface area contributed by atoms with Crippen molar-refractivity contribution in [2.24, 2.45) is 11.8 Å². The van der Waals surface area contributed by atoms with Gasteiger partial charge >= 0.3 is 0 Å². The fourth-order valence-corrected chi connectivity index (χ4v) is 6.41. The molecule has 0 fully saturated rings. The number of hydrogen-bond acceptors (Lipinski definition) is 4. The minimum Gasteiger partial charge on any atom is -0.512 e. The molecule has 0 bridgehead atoms. The average Bonchev–Trinajstić information content (AvgIpc) is 2.73. The van der Waals surface area contributed by atoms with Crippen LogP contribution in [0.1, 0.15) is 61.4 Å². The number of allylic oxidation sites excluding steroid dienone is 2. The van der Waals surface area contributed by atoms with E-state index in [4.69, 9.17) is 11.6 Å². The molecule has 6 heteroatoms. The summed E-state index contributed by atoms with van der Waals surface area (Å²) in [6, 6.07) is 5.98. The quantitative estimate of drug-likeness (QED) is 0.522. The molecule has 32 heavy (non-hydrogen) atoms. The molecule has 2 aromatic rings. The Morgan fingerprint density at radius 1 is 1.12 bits per heavy atom. The van der Waals surface area contributed by atoms with Gasteiger partial charge < -0.3 is 5.11 Å². The summed E-state index contributed by atoms with van der Waals surface area (Å²) in [6.45, 7) is 10.1. The van der Waals surface area contributed by atoms with Gasteiger partial charge in [0.2, 0.25) is 0 Å². The Balaban J connectivity index is 1.85. The van der Waals surface area contributed by atoms with Crippen molar-refractivity contribution in [3.8, 4) is 0 Å². The Kier molecular flexibility index (Phi) is 7.94. The van der Waals surface area contributed by atoms with Gasteiger partial charge in [-0.1, -0.05) is 50.1 Å². The van der Waals surface area contributed by atoms with Gasteiger partial charge in [-0.2, -0.15) is 0 Å². The Labute approximate surface area is 198 Å². The van der Waals surface area contributed by atoms with Crippen LogP contribution in [-0.4, -0.2) is 25.8 Å².